The Morgan fingerprint density at radius 2 is 2.12 bits per heavy atom. The fraction of sp³-hybridized carbons (Fsp3) is 0.667. The van der Waals surface area contributed by atoms with E-state index in [9.17, 15) is 0 Å². The van der Waals surface area contributed by atoms with Crippen molar-refractivity contribution in [2.75, 3.05) is 23.8 Å². The van der Waals surface area contributed by atoms with Crippen LogP contribution >= 0.6 is 0 Å². The predicted molar refractivity (Wildman–Crippen MR) is 66.9 cm³/mol. The highest BCUT2D eigenvalue weighted by Crippen LogP contribution is 2.30. The largest absolute Gasteiger partial charge is 0.373 e. The summed E-state index contributed by atoms with van der Waals surface area (Å²) in [6, 6.07) is 0.577. The summed E-state index contributed by atoms with van der Waals surface area (Å²) in [4.78, 5) is 11.0. The smallest absolute Gasteiger partial charge is 0.137 e. The van der Waals surface area contributed by atoms with Crippen molar-refractivity contribution >= 4 is 11.6 Å². The van der Waals surface area contributed by atoms with Crippen LogP contribution in [-0.2, 0) is 0 Å². The van der Waals surface area contributed by atoms with Gasteiger partial charge in [-0.3, -0.25) is 0 Å². The van der Waals surface area contributed by atoms with Gasteiger partial charge in [0, 0.05) is 25.2 Å². The monoisotopic (exact) mass is 220 g/mol. The number of rotatable bonds is 2. The van der Waals surface area contributed by atoms with Gasteiger partial charge in [0.1, 0.15) is 18.0 Å². The third-order valence-electron chi connectivity index (χ3n) is 3.35. The maximum absolute atomic E-state index is 4.43. The molecule has 1 aromatic rings. The topological polar surface area (TPSA) is 41.1 Å². The van der Waals surface area contributed by atoms with Crippen molar-refractivity contribution in [3.8, 4) is 0 Å². The summed E-state index contributed by atoms with van der Waals surface area (Å²) in [5.41, 5.74) is 1.14. The molecular formula is C12H20N4. The van der Waals surface area contributed by atoms with E-state index in [0.29, 0.717) is 6.04 Å². The number of hydrogen-bond acceptors (Lipinski definition) is 4. The predicted octanol–water partition coefficient (Wildman–Crippen LogP) is 2.06. The molecule has 0 spiro atoms. The van der Waals surface area contributed by atoms with Gasteiger partial charge in [-0.05, 0) is 26.2 Å². The summed E-state index contributed by atoms with van der Waals surface area (Å²) in [6.45, 7) is 7.75. The van der Waals surface area contributed by atoms with Gasteiger partial charge in [0.05, 0.1) is 0 Å². The van der Waals surface area contributed by atoms with E-state index in [0.717, 1.165) is 29.7 Å². The second kappa shape index (κ2) is 4.28. The summed E-state index contributed by atoms with van der Waals surface area (Å²) in [6.07, 6.45) is 2.89. The first-order valence-electron chi connectivity index (χ1n) is 5.89. The van der Waals surface area contributed by atoms with Crippen LogP contribution in [0.3, 0.4) is 0 Å². The molecule has 1 aliphatic heterocycles. The summed E-state index contributed by atoms with van der Waals surface area (Å²) in [5, 5.41) is 3.11. The molecule has 2 rings (SSSR count). The average Bonchev–Trinajstić information content (AvgIpc) is 2.58. The number of anilines is 2. The van der Waals surface area contributed by atoms with Crippen molar-refractivity contribution in [1.82, 2.24) is 9.97 Å². The van der Waals surface area contributed by atoms with Crippen LogP contribution in [0.2, 0.25) is 0 Å². The quantitative estimate of drug-likeness (QED) is 0.828. The first-order valence-corrected chi connectivity index (χ1v) is 5.89. The zero-order valence-electron chi connectivity index (χ0n) is 10.5. The van der Waals surface area contributed by atoms with Crippen molar-refractivity contribution < 1.29 is 0 Å². The molecule has 1 aliphatic rings. The van der Waals surface area contributed by atoms with Crippen molar-refractivity contribution in [2.45, 2.75) is 33.2 Å². The molecule has 0 saturated carbocycles. The van der Waals surface area contributed by atoms with Crippen molar-refractivity contribution in [2.24, 2.45) is 5.92 Å². The molecule has 1 fully saturated rings. The minimum atomic E-state index is 0.577. The molecule has 1 saturated heterocycles. The zero-order valence-corrected chi connectivity index (χ0v) is 10.5. The van der Waals surface area contributed by atoms with Crippen LogP contribution in [-0.4, -0.2) is 29.6 Å². The lowest BCUT2D eigenvalue weighted by atomic mass is 10.1. The van der Waals surface area contributed by atoms with Gasteiger partial charge in [-0.15, -0.1) is 0 Å². The molecule has 0 amide bonds. The van der Waals surface area contributed by atoms with Crippen LogP contribution in [0.5, 0.6) is 0 Å². The highest BCUT2D eigenvalue weighted by Gasteiger charge is 2.28. The first kappa shape index (κ1) is 11.2. The molecule has 0 radical (unpaired) electrons. The molecule has 1 aromatic heterocycles. The second-order valence-electron chi connectivity index (χ2n) is 4.76. The Morgan fingerprint density at radius 3 is 2.69 bits per heavy atom. The molecule has 2 atom stereocenters. The maximum Gasteiger partial charge on any atom is 0.137 e. The Balaban J connectivity index is 2.33. The van der Waals surface area contributed by atoms with E-state index in [1.807, 2.05) is 7.05 Å². The Hall–Kier alpha value is -1.32. The normalized spacial score (nSPS) is 24.9. The second-order valence-corrected chi connectivity index (χ2v) is 4.76. The van der Waals surface area contributed by atoms with E-state index < -0.39 is 0 Å². The van der Waals surface area contributed by atoms with Gasteiger partial charge in [0.2, 0.25) is 0 Å². The Kier molecular flexibility index (Phi) is 2.99. The molecule has 2 unspecified atom stereocenters. The number of hydrogen-bond donors (Lipinski definition) is 1. The SMILES string of the molecule is CNc1ncnc(N2CC(C)CC2C)c1C. The minimum Gasteiger partial charge on any atom is -0.373 e. The molecule has 88 valence electrons. The van der Waals surface area contributed by atoms with Gasteiger partial charge in [0.15, 0.2) is 0 Å². The Labute approximate surface area is 97.1 Å². The van der Waals surface area contributed by atoms with Gasteiger partial charge < -0.3 is 10.2 Å². The first-order chi connectivity index (χ1) is 7.63. The van der Waals surface area contributed by atoms with Crippen molar-refractivity contribution in [3.05, 3.63) is 11.9 Å². The molecule has 1 N–H and O–H groups in total. The third kappa shape index (κ3) is 1.84. The van der Waals surface area contributed by atoms with E-state index in [2.05, 4.69) is 41.0 Å². The van der Waals surface area contributed by atoms with Crippen LogP contribution < -0.4 is 10.2 Å². The third-order valence-corrected chi connectivity index (χ3v) is 3.35. The molecule has 4 nitrogen and oxygen atoms in total. The van der Waals surface area contributed by atoms with Crippen LogP contribution in [0.1, 0.15) is 25.8 Å². The summed E-state index contributed by atoms with van der Waals surface area (Å²) in [7, 11) is 1.90. The van der Waals surface area contributed by atoms with Crippen LogP contribution in [0.15, 0.2) is 6.33 Å². The zero-order chi connectivity index (χ0) is 11.7. The van der Waals surface area contributed by atoms with Gasteiger partial charge in [-0.1, -0.05) is 6.92 Å². The lowest BCUT2D eigenvalue weighted by Gasteiger charge is -2.24. The number of aromatic nitrogens is 2. The highest BCUT2D eigenvalue weighted by atomic mass is 15.2. The lowest BCUT2D eigenvalue weighted by Crippen LogP contribution is -2.28. The van der Waals surface area contributed by atoms with E-state index >= 15 is 0 Å². The van der Waals surface area contributed by atoms with Crippen molar-refractivity contribution in [3.63, 3.8) is 0 Å². The molecule has 0 bridgehead atoms. The van der Waals surface area contributed by atoms with Gasteiger partial charge >= 0.3 is 0 Å². The lowest BCUT2D eigenvalue weighted by molar-refractivity contribution is 0.625. The molecule has 0 aliphatic carbocycles. The molecule has 4 heteroatoms. The molecular weight excluding hydrogens is 200 g/mol. The van der Waals surface area contributed by atoms with Crippen LogP contribution in [0.25, 0.3) is 0 Å². The number of nitrogens with one attached hydrogen (secondary N) is 1. The van der Waals surface area contributed by atoms with Gasteiger partial charge in [-0.2, -0.15) is 0 Å². The average molecular weight is 220 g/mol. The van der Waals surface area contributed by atoms with E-state index in [1.165, 1.54) is 6.42 Å². The fourth-order valence-corrected chi connectivity index (χ4v) is 2.58. The molecule has 16 heavy (non-hydrogen) atoms. The number of nitrogens with zero attached hydrogens (tertiary/aromatic N) is 3. The fourth-order valence-electron chi connectivity index (χ4n) is 2.58. The Bertz CT molecular complexity index is 377. The molecule has 2 heterocycles. The van der Waals surface area contributed by atoms with Crippen LogP contribution in [0.4, 0.5) is 11.6 Å². The van der Waals surface area contributed by atoms with Crippen LogP contribution in [0, 0.1) is 12.8 Å². The maximum atomic E-state index is 4.43. The van der Waals surface area contributed by atoms with E-state index in [4.69, 9.17) is 0 Å². The van der Waals surface area contributed by atoms with Gasteiger partial charge in [0.25, 0.3) is 0 Å². The Morgan fingerprint density at radius 1 is 1.38 bits per heavy atom. The summed E-state index contributed by atoms with van der Waals surface area (Å²) < 4.78 is 0. The summed E-state index contributed by atoms with van der Waals surface area (Å²) >= 11 is 0. The molecule has 0 aromatic carbocycles. The summed E-state index contributed by atoms with van der Waals surface area (Å²) in [5.74, 6) is 2.76. The van der Waals surface area contributed by atoms with Gasteiger partial charge in [-0.25, -0.2) is 9.97 Å². The highest BCUT2D eigenvalue weighted by molar-refractivity contribution is 5.58. The van der Waals surface area contributed by atoms with Crippen molar-refractivity contribution in [1.29, 1.82) is 0 Å². The minimum absolute atomic E-state index is 0.577. The van der Waals surface area contributed by atoms with E-state index in [1.54, 1.807) is 6.33 Å². The van der Waals surface area contributed by atoms with E-state index in [-0.39, 0.29) is 0 Å². The standard InChI is InChI=1S/C12H20N4/c1-8-5-9(2)16(6-8)12-10(3)11(13-4)14-7-15-12/h7-9H,5-6H2,1-4H3,(H,13,14,15).